The number of hydrogen-bond acceptors (Lipinski definition) is 6. The molecule has 158 valence electrons. The molecule has 2 heterocycles. The zero-order valence-corrected chi connectivity index (χ0v) is 18.5. The maximum absolute atomic E-state index is 13.0. The fourth-order valence-corrected chi connectivity index (χ4v) is 3.90. The van der Waals surface area contributed by atoms with Gasteiger partial charge in [0.2, 0.25) is 0 Å². The van der Waals surface area contributed by atoms with Gasteiger partial charge in [0.05, 0.1) is 22.7 Å². The Kier molecular flexibility index (Phi) is 7.48. The zero-order valence-electron chi connectivity index (χ0n) is 17.0. The van der Waals surface area contributed by atoms with Crippen molar-refractivity contribution in [3.8, 4) is 6.07 Å². The van der Waals surface area contributed by atoms with Gasteiger partial charge in [-0.2, -0.15) is 5.26 Å². The van der Waals surface area contributed by atoms with E-state index in [-0.39, 0.29) is 5.91 Å². The highest BCUT2D eigenvalue weighted by Gasteiger charge is 2.27. The standard InChI is InChI=1S/C21H24Cl2N6O/c1-14-19(21(30)29-8-5-16(6-9-29)28(2)10-7-24)26-13-27-20(14)25-12-15-3-4-17(22)18(23)11-15/h3-4,11,13,16H,5-6,8-10,12H2,1-2H3,(H,25,26,27). The summed E-state index contributed by atoms with van der Waals surface area (Å²) >= 11 is 12.0. The molecule has 1 aliphatic rings. The first-order valence-corrected chi connectivity index (χ1v) is 10.5. The summed E-state index contributed by atoms with van der Waals surface area (Å²) in [4.78, 5) is 25.4. The fraction of sp³-hybridized carbons (Fsp3) is 0.429. The van der Waals surface area contributed by atoms with Gasteiger partial charge in [-0.15, -0.1) is 0 Å². The second-order valence-electron chi connectivity index (χ2n) is 7.39. The smallest absolute Gasteiger partial charge is 0.272 e. The van der Waals surface area contributed by atoms with Crippen molar-refractivity contribution in [2.75, 3.05) is 32.0 Å². The average Bonchev–Trinajstić information content (AvgIpc) is 2.75. The number of nitrogens with one attached hydrogen (secondary N) is 1. The van der Waals surface area contributed by atoms with Crippen LogP contribution in [-0.2, 0) is 6.54 Å². The molecule has 3 rings (SSSR count). The number of piperidine rings is 1. The van der Waals surface area contributed by atoms with Crippen molar-refractivity contribution in [3.05, 3.63) is 51.4 Å². The van der Waals surface area contributed by atoms with Crippen LogP contribution in [0.4, 0.5) is 5.82 Å². The van der Waals surface area contributed by atoms with Crippen LogP contribution in [0.3, 0.4) is 0 Å². The summed E-state index contributed by atoms with van der Waals surface area (Å²) in [5.41, 5.74) is 2.08. The summed E-state index contributed by atoms with van der Waals surface area (Å²) in [5, 5.41) is 13.1. The van der Waals surface area contributed by atoms with E-state index in [0.717, 1.165) is 18.4 Å². The molecule has 7 nitrogen and oxygen atoms in total. The molecule has 0 atom stereocenters. The summed E-state index contributed by atoms with van der Waals surface area (Å²) in [5.74, 6) is 0.525. The predicted octanol–water partition coefficient (Wildman–Crippen LogP) is 3.76. The van der Waals surface area contributed by atoms with E-state index in [1.54, 1.807) is 12.1 Å². The highest BCUT2D eigenvalue weighted by Crippen LogP contribution is 2.24. The van der Waals surface area contributed by atoms with E-state index in [1.807, 2.05) is 29.8 Å². The molecule has 0 radical (unpaired) electrons. The first kappa shape index (κ1) is 22.3. The number of amides is 1. The lowest BCUT2D eigenvalue weighted by Gasteiger charge is -2.35. The van der Waals surface area contributed by atoms with Crippen LogP contribution in [0.2, 0.25) is 10.0 Å². The Bertz CT molecular complexity index is 953. The van der Waals surface area contributed by atoms with Crippen molar-refractivity contribution in [1.82, 2.24) is 19.8 Å². The fourth-order valence-electron chi connectivity index (χ4n) is 3.58. The number of carbonyl (C=O) groups is 1. The third kappa shape index (κ3) is 5.20. The first-order chi connectivity index (χ1) is 14.4. The quantitative estimate of drug-likeness (QED) is 0.679. The summed E-state index contributed by atoms with van der Waals surface area (Å²) in [6.45, 7) is 4.04. The van der Waals surface area contributed by atoms with Crippen molar-refractivity contribution in [1.29, 1.82) is 5.26 Å². The van der Waals surface area contributed by atoms with Crippen LogP contribution in [0, 0.1) is 18.3 Å². The van der Waals surface area contributed by atoms with Crippen LogP contribution < -0.4 is 5.32 Å². The SMILES string of the molecule is Cc1c(NCc2ccc(Cl)c(Cl)c2)ncnc1C(=O)N1CCC(N(C)CC#N)CC1. The molecule has 1 fully saturated rings. The lowest BCUT2D eigenvalue weighted by atomic mass is 10.0. The van der Waals surface area contributed by atoms with E-state index < -0.39 is 0 Å². The number of aromatic nitrogens is 2. The van der Waals surface area contributed by atoms with Gasteiger partial charge in [0.25, 0.3) is 5.91 Å². The van der Waals surface area contributed by atoms with Crippen LogP contribution in [0.1, 0.15) is 34.5 Å². The molecule has 1 aromatic heterocycles. The number of anilines is 1. The van der Waals surface area contributed by atoms with E-state index in [4.69, 9.17) is 28.5 Å². The van der Waals surface area contributed by atoms with Crippen molar-refractivity contribution >= 4 is 34.9 Å². The lowest BCUT2D eigenvalue weighted by molar-refractivity contribution is 0.0648. The van der Waals surface area contributed by atoms with Gasteiger partial charge in [-0.1, -0.05) is 29.3 Å². The van der Waals surface area contributed by atoms with E-state index in [9.17, 15) is 4.79 Å². The minimum Gasteiger partial charge on any atom is -0.366 e. The van der Waals surface area contributed by atoms with Crippen molar-refractivity contribution in [2.24, 2.45) is 0 Å². The lowest BCUT2D eigenvalue weighted by Crippen LogP contribution is -2.46. The molecule has 0 saturated carbocycles. The molecule has 0 unspecified atom stereocenters. The molecule has 0 spiro atoms. The molecule has 1 N–H and O–H groups in total. The summed E-state index contributed by atoms with van der Waals surface area (Å²) < 4.78 is 0. The van der Waals surface area contributed by atoms with Gasteiger partial charge < -0.3 is 10.2 Å². The molecule has 0 bridgehead atoms. The molecule has 1 aromatic carbocycles. The number of halogens is 2. The Labute approximate surface area is 186 Å². The van der Waals surface area contributed by atoms with Crippen molar-refractivity contribution in [3.63, 3.8) is 0 Å². The largest absolute Gasteiger partial charge is 0.366 e. The van der Waals surface area contributed by atoms with Gasteiger partial charge in [-0.25, -0.2) is 9.97 Å². The van der Waals surface area contributed by atoms with Crippen molar-refractivity contribution < 1.29 is 4.79 Å². The van der Waals surface area contributed by atoms with Crippen LogP contribution in [0.5, 0.6) is 0 Å². The molecule has 0 aliphatic carbocycles. The van der Waals surface area contributed by atoms with Gasteiger partial charge in [0, 0.05) is 31.2 Å². The Balaban J connectivity index is 1.65. The highest BCUT2D eigenvalue weighted by molar-refractivity contribution is 6.42. The third-order valence-electron chi connectivity index (χ3n) is 5.43. The summed E-state index contributed by atoms with van der Waals surface area (Å²) in [6.07, 6.45) is 3.10. The van der Waals surface area contributed by atoms with E-state index >= 15 is 0 Å². The van der Waals surface area contributed by atoms with Gasteiger partial charge in [0.1, 0.15) is 17.8 Å². The minimum atomic E-state index is -0.0890. The first-order valence-electron chi connectivity index (χ1n) is 9.76. The normalized spacial score (nSPS) is 14.6. The Morgan fingerprint density at radius 2 is 2.03 bits per heavy atom. The van der Waals surface area contributed by atoms with E-state index in [0.29, 0.717) is 59.3 Å². The topological polar surface area (TPSA) is 85.2 Å². The molecule has 1 saturated heterocycles. The molecule has 2 aromatic rings. The molecule has 9 heteroatoms. The number of carbonyl (C=O) groups excluding carboxylic acids is 1. The number of hydrogen-bond donors (Lipinski definition) is 1. The molecule has 1 aliphatic heterocycles. The second kappa shape index (κ2) is 10.1. The maximum Gasteiger partial charge on any atom is 0.272 e. The number of nitrogens with zero attached hydrogens (tertiary/aromatic N) is 5. The third-order valence-corrected chi connectivity index (χ3v) is 6.16. The highest BCUT2D eigenvalue weighted by atomic mass is 35.5. The van der Waals surface area contributed by atoms with E-state index in [2.05, 4.69) is 21.4 Å². The summed E-state index contributed by atoms with van der Waals surface area (Å²) in [6, 6.07) is 7.93. The molecular weight excluding hydrogens is 423 g/mol. The van der Waals surface area contributed by atoms with E-state index in [1.165, 1.54) is 6.33 Å². The Morgan fingerprint density at radius 3 is 2.70 bits per heavy atom. The maximum atomic E-state index is 13.0. The minimum absolute atomic E-state index is 0.0890. The second-order valence-corrected chi connectivity index (χ2v) is 8.21. The van der Waals surface area contributed by atoms with Crippen LogP contribution in [0.25, 0.3) is 0 Å². The van der Waals surface area contributed by atoms with Gasteiger partial charge in [0.15, 0.2) is 0 Å². The molecule has 30 heavy (non-hydrogen) atoms. The number of rotatable bonds is 6. The van der Waals surface area contributed by atoms with Crippen molar-refractivity contribution in [2.45, 2.75) is 32.4 Å². The number of likely N-dealkylation sites (tertiary alicyclic amines) is 1. The number of nitriles is 1. The monoisotopic (exact) mass is 446 g/mol. The Hall–Kier alpha value is -2.40. The summed E-state index contributed by atoms with van der Waals surface area (Å²) in [7, 11) is 1.95. The van der Waals surface area contributed by atoms with Gasteiger partial charge >= 0.3 is 0 Å². The van der Waals surface area contributed by atoms with Crippen LogP contribution in [-0.4, -0.2) is 58.4 Å². The van der Waals surface area contributed by atoms with Gasteiger partial charge in [-0.05, 0) is 44.5 Å². The average molecular weight is 447 g/mol. The molecule has 1 amide bonds. The number of benzene rings is 1. The van der Waals surface area contributed by atoms with Crippen LogP contribution >= 0.6 is 23.2 Å². The van der Waals surface area contributed by atoms with Crippen LogP contribution in [0.15, 0.2) is 24.5 Å². The Morgan fingerprint density at radius 1 is 1.30 bits per heavy atom. The zero-order chi connectivity index (χ0) is 21.7. The predicted molar refractivity (Wildman–Crippen MR) is 118 cm³/mol. The molecular formula is C21H24Cl2N6O. The van der Waals surface area contributed by atoms with Gasteiger partial charge in [-0.3, -0.25) is 9.69 Å².